The number of halogens is 2. The van der Waals surface area contributed by atoms with Crippen molar-refractivity contribution in [3.8, 4) is 17.2 Å². The standard InChI is InChI=1S/C20H18F2O6/c1-2-26-18-11-13(4-10-17(18)28-20(21)22)3-9-16(23)14-5-7-15(8-6-14)27-12-19(24)25/h3-11,20H,2,12H2,1H3,(H,24,25)/p-1/b9-3+. The lowest BCUT2D eigenvalue weighted by Crippen LogP contribution is -2.28. The summed E-state index contributed by atoms with van der Waals surface area (Å²) < 4.78 is 39.5. The van der Waals surface area contributed by atoms with E-state index in [0.717, 1.165) is 0 Å². The first kappa shape index (κ1) is 20.9. The van der Waals surface area contributed by atoms with E-state index in [9.17, 15) is 23.5 Å². The SMILES string of the molecule is CCOc1cc(/C=C/C(=O)c2ccc(OCC(=O)[O-])cc2)ccc1OC(F)F. The normalized spacial score (nSPS) is 10.9. The number of allylic oxidation sites excluding steroid dienone is 1. The highest BCUT2D eigenvalue weighted by atomic mass is 19.3. The Hall–Kier alpha value is -3.42. The number of hydrogen-bond donors (Lipinski definition) is 0. The molecule has 0 bridgehead atoms. The van der Waals surface area contributed by atoms with Crippen LogP contribution in [0.3, 0.4) is 0 Å². The van der Waals surface area contributed by atoms with Crippen molar-refractivity contribution in [1.82, 2.24) is 0 Å². The van der Waals surface area contributed by atoms with Crippen molar-refractivity contribution < 1.29 is 37.7 Å². The molecule has 0 aliphatic heterocycles. The highest BCUT2D eigenvalue weighted by molar-refractivity contribution is 6.06. The van der Waals surface area contributed by atoms with Crippen LogP contribution >= 0.6 is 0 Å². The Bertz CT molecular complexity index is 846. The number of ether oxygens (including phenoxy) is 3. The van der Waals surface area contributed by atoms with Crippen molar-refractivity contribution in [1.29, 1.82) is 0 Å². The van der Waals surface area contributed by atoms with Crippen molar-refractivity contribution in [3.05, 3.63) is 59.7 Å². The summed E-state index contributed by atoms with van der Waals surface area (Å²) in [6.45, 7) is -1.59. The van der Waals surface area contributed by atoms with E-state index in [2.05, 4.69) is 4.74 Å². The second-order valence-corrected chi connectivity index (χ2v) is 5.40. The van der Waals surface area contributed by atoms with Gasteiger partial charge in [-0.2, -0.15) is 8.78 Å². The van der Waals surface area contributed by atoms with Gasteiger partial charge in [-0.3, -0.25) is 4.79 Å². The second kappa shape index (κ2) is 10.1. The number of rotatable bonds is 10. The van der Waals surface area contributed by atoms with E-state index in [1.165, 1.54) is 54.6 Å². The van der Waals surface area contributed by atoms with Gasteiger partial charge in [-0.15, -0.1) is 0 Å². The van der Waals surface area contributed by atoms with Gasteiger partial charge in [0.2, 0.25) is 0 Å². The van der Waals surface area contributed by atoms with Crippen LogP contribution < -0.4 is 19.3 Å². The van der Waals surface area contributed by atoms with E-state index >= 15 is 0 Å². The monoisotopic (exact) mass is 391 g/mol. The molecule has 28 heavy (non-hydrogen) atoms. The number of aliphatic carboxylic acids is 1. The van der Waals surface area contributed by atoms with E-state index in [1.54, 1.807) is 6.92 Å². The van der Waals surface area contributed by atoms with Gasteiger partial charge >= 0.3 is 6.61 Å². The molecule has 0 saturated heterocycles. The van der Waals surface area contributed by atoms with E-state index in [1.807, 2.05) is 0 Å². The van der Waals surface area contributed by atoms with Gasteiger partial charge in [0.1, 0.15) is 12.4 Å². The van der Waals surface area contributed by atoms with Crippen LogP contribution in [0.1, 0.15) is 22.8 Å². The number of alkyl halides is 2. The Morgan fingerprint density at radius 2 is 1.79 bits per heavy atom. The number of carboxylic acids is 1. The van der Waals surface area contributed by atoms with Gasteiger partial charge < -0.3 is 24.1 Å². The van der Waals surface area contributed by atoms with Crippen LogP contribution in [0.25, 0.3) is 6.08 Å². The second-order valence-electron chi connectivity index (χ2n) is 5.40. The average Bonchev–Trinajstić information content (AvgIpc) is 2.66. The van der Waals surface area contributed by atoms with Crippen molar-refractivity contribution in [2.24, 2.45) is 0 Å². The molecule has 0 unspecified atom stereocenters. The molecule has 8 heteroatoms. The summed E-state index contributed by atoms with van der Waals surface area (Å²) >= 11 is 0. The molecular formula is C20H17F2O6-. The van der Waals surface area contributed by atoms with Gasteiger partial charge in [-0.25, -0.2) is 0 Å². The first-order valence-electron chi connectivity index (χ1n) is 8.25. The Kier molecular flexibility index (Phi) is 7.50. The molecular weight excluding hydrogens is 374 g/mol. The highest BCUT2D eigenvalue weighted by Gasteiger charge is 2.11. The lowest BCUT2D eigenvalue weighted by molar-refractivity contribution is -0.307. The van der Waals surface area contributed by atoms with E-state index in [4.69, 9.17) is 9.47 Å². The van der Waals surface area contributed by atoms with Gasteiger partial charge in [0, 0.05) is 5.56 Å². The van der Waals surface area contributed by atoms with E-state index in [0.29, 0.717) is 16.9 Å². The predicted molar refractivity (Wildman–Crippen MR) is 94.6 cm³/mol. The van der Waals surface area contributed by atoms with E-state index in [-0.39, 0.29) is 23.9 Å². The van der Waals surface area contributed by atoms with Gasteiger partial charge in [0.15, 0.2) is 17.3 Å². The molecule has 2 aromatic carbocycles. The lowest BCUT2D eigenvalue weighted by atomic mass is 10.1. The molecule has 0 atom stereocenters. The Morgan fingerprint density at radius 3 is 2.39 bits per heavy atom. The van der Waals surface area contributed by atoms with Crippen LogP contribution in [0.15, 0.2) is 48.5 Å². The van der Waals surface area contributed by atoms with Gasteiger partial charge in [-0.05, 0) is 55.0 Å². The van der Waals surface area contributed by atoms with Crippen LogP contribution in [0.4, 0.5) is 8.78 Å². The number of carbonyl (C=O) groups is 2. The minimum Gasteiger partial charge on any atom is -0.546 e. The zero-order valence-corrected chi connectivity index (χ0v) is 14.9. The lowest BCUT2D eigenvalue weighted by Gasteiger charge is -2.11. The fraction of sp³-hybridized carbons (Fsp3) is 0.200. The van der Waals surface area contributed by atoms with Crippen LogP contribution in [0.5, 0.6) is 17.2 Å². The molecule has 148 valence electrons. The van der Waals surface area contributed by atoms with Crippen LogP contribution in [-0.2, 0) is 4.79 Å². The van der Waals surface area contributed by atoms with Crippen molar-refractivity contribution in [2.75, 3.05) is 13.2 Å². The minimum absolute atomic E-state index is 0.0903. The molecule has 0 radical (unpaired) electrons. The maximum atomic E-state index is 12.4. The molecule has 0 saturated carbocycles. The maximum Gasteiger partial charge on any atom is 0.387 e. The van der Waals surface area contributed by atoms with Crippen LogP contribution in [-0.4, -0.2) is 31.6 Å². The Morgan fingerprint density at radius 1 is 1.07 bits per heavy atom. The number of carboxylic acid groups (broad SMARTS) is 1. The Labute approximate surface area is 160 Å². The van der Waals surface area contributed by atoms with Crippen molar-refractivity contribution >= 4 is 17.8 Å². The molecule has 2 aromatic rings. The zero-order valence-electron chi connectivity index (χ0n) is 14.9. The third kappa shape index (κ3) is 6.39. The molecule has 0 aromatic heterocycles. The summed E-state index contributed by atoms with van der Waals surface area (Å²) in [5.74, 6) is -1.31. The molecule has 0 heterocycles. The predicted octanol–water partition coefficient (Wildman–Crippen LogP) is 2.71. The summed E-state index contributed by atoms with van der Waals surface area (Å²) in [6, 6.07) is 10.2. The third-order valence-electron chi connectivity index (χ3n) is 3.41. The van der Waals surface area contributed by atoms with Gasteiger partial charge in [-0.1, -0.05) is 12.1 Å². The first-order valence-corrected chi connectivity index (χ1v) is 8.25. The summed E-state index contributed by atoms with van der Waals surface area (Å²) in [5, 5.41) is 10.4. The summed E-state index contributed by atoms with van der Waals surface area (Å²) in [6.07, 6.45) is 2.83. The molecule has 6 nitrogen and oxygen atoms in total. The number of carbonyl (C=O) groups excluding carboxylic acids is 2. The van der Waals surface area contributed by atoms with Gasteiger partial charge in [0.25, 0.3) is 0 Å². The zero-order chi connectivity index (χ0) is 20.5. The average molecular weight is 391 g/mol. The maximum absolute atomic E-state index is 12.4. The van der Waals surface area contributed by atoms with Crippen LogP contribution in [0, 0.1) is 0 Å². The smallest absolute Gasteiger partial charge is 0.387 e. The number of hydrogen-bond acceptors (Lipinski definition) is 6. The minimum atomic E-state index is -2.97. The fourth-order valence-corrected chi connectivity index (χ4v) is 2.22. The van der Waals surface area contributed by atoms with E-state index < -0.39 is 19.2 Å². The third-order valence-corrected chi connectivity index (χ3v) is 3.41. The largest absolute Gasteiger partial charge is 0.546 e. The molecule has 2 rings (SSSR count). The first-order chi connectivity index (χ1) is 13.4. The number of ketones is 1. The quantitative estimate of drug-likeness (QED) is 0.457. The topological polar surface area (TPSA) is 84.9 Å². The summed E-state index contributed by atoms with van der Waals surface area (Å²) in [4.78, 5) is 22.6. The molecule has 0 aliphatic rings. The van der Waals surface area contributed by atoms with Gasteiger partial charge in [0.05, 0.1) is 12.6 Å². The molecule has 0 aliphatic carbocycles. The van der Waals surface area contributed by atoms with Crippen molar-refractivity contribution in [2.45, 2.75) is 13.5 Å². The Balaban J connectivity index is 2.08. The summed E-state index contributed by atoms with van der Waals surface area (Å²) in [7, 11) is 0. The number of benzene rings is 2. The highest BCUT2D eigenvalue weighted by Crippen LogP contribution is 2.30. The fourth-order valence-electron chi connectivity index (χ4n) is 2.22. The molecule has 0 N–H and O–H groups in total. The summed E-state index contributed by atoms with van der Waals surface area (Å²) in [5.41, 5.74) is 0.923. The molecule has 0 amide bonds. The molecule has 0 spiro atoms. The van der Waals surface area contributed by atoms with Crippen LogP contribution in [0.2, 0.25) is 0 Å². The van der Waals surface area contributed by atoms with Crippen molar-refractivity contribution in [3.63, 3.8) is 0 Å². The molecule has 0 fully saturated rings.